The van der Waals surface area contributed by atoms with Gasteiger partial charge in [0.2, 0.25) is 0 Å². The fourth-order valence-corrected chi connectivity index (χ4v) is 2.05. The van der Waals surface area contributed by atoms with Crippen LogP contribution in [0.5, 0.6) is 0 Å². The van der Waals surface area contributed by atoms with E-state index in [1.807, 2.05) is 42.5 Å². The van der Waals surface area contributed by atoms with Crippen LogP contribution in [0.3, 0.4) is 0 Å². The van der Waals surface area contributed by atoms with Gasteiger partial charge < -0.3 is 5.43 Å². The fraction of sp³-hybridized carbons (Fsp3) is 0.143. The van der Waals surface area contributed by atoms with Crippen molar-refractivity contribution in [2.45, 2.75) is 13.3 Å². The van der Waals surface area contributed by atoms with Crippen molar-refractivity contribution >= 4 is 11.5 Å². The number of aromatic nitrogens is 3. The second-order valence-electron chi connectivity index (χ2n) is 4.30. The Morgan fingerprint density at radius 1 is 1.21 bits per heavy atom. The molecule has 0 fully saturated rings. The van der Waals surface area contributed by atoms with Crippen LogP contribution in [0.2, 0.25) is 0 Å². The summed E-state index contributed by atoms with van der Waals surface area (Å²) >= 11 is 0. The van der Waals surface area contributed by atoms with Crippen molar-refractivity contribution in [3.05, 3.63) is 48.2 Å². The molecule has 2 aromatic heterocycles. The van der Waals surface area contributed by atoms with Gasteiger partial charge in [-0.15, -0.1) is 0 Å². The van der Waals surface area contributed by atoms with Crippen LogP contribution in [0.1, 0.15) is 12.6 Å². The lowest BCUT2D eigenvalue weighted by Gasteiger charge is -2.07. The van der Waals surface area contributed by atoms with Crippen LogP contribution in [0.4, 0.5) is 5.82 Å². The topological polar surface area (TPSA) is 68.2 Å². The van der Waals surface area contributed by atoms with Crippen LogP contribution >= 0.6 is 0 Å². The largest absolute Gasteiger partial charge is 0.308 e. The van der Waals surface area contributed by atoms with Crippen molar-refractivity contribution in [3.8, 4) is 11.3 Å². The van der Waals surface area contributed by atoms with E-state index < -0.39 is 0 Å². The van der Waals surface area contributed by atoms with Gasteiger partial charge in [-0.1, -0.05) is 37.3 Å². The Balaban J connectivity index is 2.22. The lowest BCUT2D eigenvalue weighted by Crippen LogP contribution is -2.12. The highest BCUT2D eigenvalue weighted by molar-refractivity contribution is 5.66. The van der Waals surface area contributed by atoms with Crippen molar-refractivity contribution in [1.29, 1.82) is 0 Å². The molecule has 0 bridgehead atoms. The first-order valence-corrected chi connectivity index (χ1v) is 6.23. The second-order valence-corrected chi connectivity index (χ2v) is 4.30. The van der Waals surface area contributed by atoms with Crippen LogP contribution in [0, 0.1) is 0 Å². The number of nitrogens with one attached hydrogen (secondary N) is 1. The number of nitrogen functional groups attached to an aromatic ring is 1. The minimum absolute atomic E-state index is 0.726. The summed E-state index contributed by atoms with van der Waals surface area (Å²) < 4.78 is 1.73. The summed E-state index contributed by atoms with van der Waals surface area (Å²) in [6.45, 7) is 2.06. The normalized spacial score (nSPS) is 10.8. The molecule has 3 rings (SSSR count). The van der Waals surface area contributed by atoms with Gasteiger partial charge in [0.15, 0.2) is 5.65 Å². The molecule has 2 heterocycles. The number of nitrogens with zero attached hydrogens (tertiary/aromatic N) is 3. The van der Waals surface area contributed by atoms with Gasteiger partial charge in [0.1, 0.15) is 5.82 Å². The molecule has 0 unspecified atom stereocenters. The molecular formula is C14H15N5. The molecule has 3 N–H and O–H groups in total. The lowest BCUT2D eigenvalue weighted by molar-refractivity contribution is 0.887. The summed E-state index contributed by atoms with van der Waals surface area (Å²) in [6, 6.07) is 13.9. The third-order valence-corrected chi connectivity index (χ3v) is 3.06. The van der Waals surface area contributed by atoms with Crippen LogP contribution in [-0.4, -0.2) is 14.6 Å². The fourth-order valence-electron chi connectivity index (χ4n) is 2.05. The molecule has 96 valence electrons. The number of rotatable bonds is 3. The van der Waals surface area contributed by atoms with Gasteiger partial charge in [0, 0.05) is 17.7 Å². The van der Waals surface area contributed by atoms with Gasteiger partial charge >= 0.3 is 0 Å². The zero-order valence-corrected chi connectivity index (χ0v) is 10.7. The first-order chi connectivity index (χ1) is 9.31. The summed E-state index contributed by atoms with van der Waals surface area (Å²) in [5.74, 6) is 6.30. The number of benzene rings is 1. The summed E-state index contributed by atoms with van der Waals surface area (Å²) in [4.78, 5) is 4.63. The molecule has 0 saturated carbocycles. The first-order valence-electron chi connectivity index (χ1n) is 6.23. The van der Waals surface area contributed by atoms with Gasteiger partial charge in [0.25, 0.3) is 0 Å². The molecule has 0 aliphatic rings. The lowest BCUT2D eigenvalue weighted by atomic mass is 10.1. The van der Waals surface area contributed by atoms with E-state index in [4.69, 9.17) is 5.84 Å². The molecule has 0 aliphatic carbocycles. The molecule has 0 amide bonds. The molecule has 5 nitrogen and oxygen atoms in total. The number of fused-ring (bicyclic) bond motifs is 1. The van der Waals surface area contributed by atoms with Crippen molar-refractivity contribution in [3.63, 3.8) is 0 Å². The van der Waals surface area contributed by atoms with E-state index in [9.17, 15) is 0 Å². The SMILES string of the molecule is CCc1cc2nc(-c3ccccc3)cc(NN)n2n1. The monoisotopic (exact) mass is 253 g/mol. The Bertz CT molecular complexity index is 702. The van der Waals surface area contributed by atoms with Crippen molar-refractivity contribution < 1.29 is 0 Å². The van der Waals surface area contributed by atoms with Crippen molar-refractivity contribution in [2.24, 2.45) is 5.84 Å². The van der Waals surface area contributed by atoms with Crippen LogP contribution in [-0.2, 0) is 6.42 Å². The third-order valence-electron chi connectivity index (χ3n) is 3.06. The van der Waals surface area contributed by atoms with E-state index in [1.165, 1.54) is 0 Å². The predicted octanol–water partition coefficient (Wildman–Crippen LogP) is 2.24. The van der Waals surface area contributed by atoms with E-state index in [0.29, 0.717) is 0 Å². The van der Waals surface area contributed by atoms with E-state index >= 15 is 0 Å². The standard InChI is InChI=1S/C14H15N5/c1-2-11-8-13-16-12(10-6-4-3-5-7-10)9-14(17-15)19(13)18-11/h3-9,17H,2,15H2,1H3. The van der Waals surface area contributed by atoms with E-state index in [0.717, 1.165) is 34.8 Å². The number of hydrogen-bond acceptors (Lipinski definition) is 4. The minimum atomic E-state index is 0.726. The predicted molar refractivity (Wildman–Crippen MR) is 75.6 cm³/mol. The smallest absolute Gasteiger partial charge is 0.158 e. The quantitative estimate of drug-likeness (QED) is 0.555. The molecule has 0 aliphatic heterocycles. The van der Waals surface area contributed by atoms with E-state index in [1.54, 1.807) is 4.52 Å². The van der Waals surface area contributed by atoms with E-state index in [-0.39, 0.29) is 0 Å². The maximum absolute atomic E-state index is 5.57. The highest BCUT2D eigenvalue weighted by atomic mass is 15.4. The molecule has 5 heteroatoms. The molecule has 0 atom stereocenters. The van der Waals surface area contributed by atoms with Gasteiger partial charge in [-0.2, -0.15) is 9.61 Å². The minimum Gasteiger partial charge on any atom is -0.308 e. The summed E-state index contributed by atoms with van der Waals surface area (Å²) in [5.41, 5.74) is 6.40. The number of anilines is 1. The van der Waals surface area contributed by atoms with Crippen LogP contribution < -0.4 is 11.3 Å². The molecule has 19 heavy (non-hydrogen) atoms. The van der Waals surface area contributed by atoms with Gasteiger partial charge in [0.05, 0.1) is 11.4 Å². The van der Waals surface area contributed by atoms with Gasteiger partial charge in [-0.3, -0.25) is 0 Å². The van der Waals surface area contributed by atoms with Crippen LogP contribution in [0.15, 0.2) is 42.5 Å². The molecule has 0 saturated heterocycles. The van der Waals surface area contributed by atoms with Crippen molar-refractivity contribution in [2.75, 3.05) is 5.43 Å². The highest BCUT2D eigenvalue weighted by Gasteiger charge is 2.09. The Hall–Kier alpha value is -2.40. The van der Waals surface area contributed by atoms with E-state index in [2.05, 4.69) is 22.4 Å². The Labute approximate surface area is 111 Å². The Kier molecular flexibility index (Phi) is 2.89. The Morgan fingerprint density at radius 2 is 2.00 bits per heavy atom. The average Bonchev–Trinajstić information content (AvgIpc) is 2.90. The van der Waals surface area contributed by atoms with Gasteiger partial charge in [-0.05, 0) is 6.42 Å². The number of nitrogens with two attached hydrogens (primary N) is 1. The maximum atomic E-state index is 5.57. The molecule has 0 radical (unpaired) electrons. The molecular weight excluding hydrogens is 238 g/mol. The summed E-state index contributed by atoms with van der Waals surface area (Å²) in [5, 5.41) is 4.45. The Morgan fingerprint density at radius 3 is 2.68 bits per heavy atom. The van der Waals surface area contributed by atoms with Crippen molar-refractivity contribution in [1.82, 2.24) is 14.6 Å². The second kappa shape index (κ2) is 4.70. The number of hydrazine groups is 1. The summed E-state index contributed by atoms with van der Waals surface area (Å²) in [6.07, 6.45) is 0.869. The highest BCUT2D eigenvalue weighted by Crippen LogP contribution is 2.22. The number of hydrogen-bond donors (Lipinski definition) is 2. The zero-order chi connectivity index (χ0) is 13.2. The molecule has 0 spiro atoms. The molecule has 1 aromatic carbocycles. The first kappa shape index (κ1) is 11.7. The zero-order valence-electron chi connectivity index (χ0n) is 10.7. The average molecular weight is 253 g/mol. The maximum Gasteiger partial charge on any atom is 0.158 e. The molecule has 3 aromatic rings. The van der Waals surface area contributed by atoms with Gasteiger partial charge in [-0.25, -0.2) is 10.8 Å². The third kappa shape index (κ3) is 2.04. The summed E-state index contributed by atoms with van der Waals surface area (Å²) in [7, 11) is 0. The number of aryl methyl sites for hydroxylation is 1. The van der Waals surface area contributed by atoms with Crippen LogP contribution in [0.25, 0.3) is 16.9 Å².